The lowest BCUT2D eigenvalue weighted by atomic mass is 10.3. The average molecular weight is 111 g/mol. The zero-order valence-corrected chi connectivity index (χ0v) is 3.45. The van der Waals surface area contributed by atoms with Crippen LogP contribution in [-0.4, -0.2) is 31.5 Å². The van der Waals surface area contributed by atoms with Gasteiger partial charge in [0.15, 0.2) is 0 Å². The molecule has 0 aromatic heterocycles. The zero-order valence-electron chi connectivity index (χ0n) is 14.4. The van der Waals surface area contributed by atoms with Crippen LogP contribution in [-0.2, 0) is 0 Å². The molecule has 1 rings (SSSR count). The third-order valence-corrected chi connectivity index (χ3v) is 0.460. The molecular weight excluding hydrogens is 88.1 g/mol. The fourth-order valence-electron chi connectivity index (χ4n) is 0.227. The molecule has 1 aliphatic heterocycles. The Bertz CT molecular complexity index is 344. The quantitative estimate of drug-likeness (QED) is 0.468. The second-order valence-electron chi connectivity index (χ2n) is 0.934. The summed E-state index contributed by atoms with van der Waals surface area (Å²) in [5.74, 6) is 0. The molecule has 0 aliphatic carbocycles. The fourth-order valence-corrected chi connectivity index (χ4v) is 0.227. The van der Waals surface area contributed by atoms with Crippen LogP contribution in [0.4, 0.5) is 0 Å². The fraction of sp³-hybridized carbons (Fsp3) is 1.00. The SMILES string of the molecule is [2H]C([2H])([2H])N1C([2H])([2H])NC([2H])([2H])C([2H])([2H])C1([2H])[2H]. The molecule has 0 bridgehead atoms. The lowest BCUT2D eigenvalue weighted by Gasteiger charge is -2.22. The average Bonchev–Trinajstić information content (AvgIpc) is 1.93. The van der Waals surface area contributed by atoms with Crippen LogP contribution in [0, 0.1) is 0 Å². The van der Waals surface area contributed by atoms with Gasteiger partial charge in [-0.3, -0.25) is 4.90 Å². The van der Waals surface area contributed by atoms with Crippen LogP contribution in [0.2, 0.25) is 0 Å². The molecule has 0 atom stereocenters. The monoisotopic (exact) mass is 111 g/mol. The van der Waals surface area contributed by atoms with Gasteiger partial charge in [-0.2, -0.15) is 0 Å². The molecular formula is C5H12N2. The van der Waals surface area contributed by atoms with Gasteiger partial charge in [-0.25, -0.2) is 0 Å². The van der Waals surface area contributed by atoms with Crippen molar-refractivity contribution in [3.05, 3.63) is 0 Å². The zero-order chi connectivity index (χ0) is 14.8. The van der Waals surface area contributed by atoms with Crippen LogP contribution >= 0.6 is 0 Å². The molecule has 0 aromatic rings. The van der Waals surface area contributed by atoms with Crippen molar-refractivity contribution in [3.8, 4) is 0 Å². The summed E-state index contributed by atoms with van der Waals surface area (Å²) in [5.41, 5.74) is 0. The lowest BCUT2D eigenvalue weighted by Crippen LogP contribution is -2.38. The maximum absolute atomic E-state index is 7.49. The van der Waals surface area contributed by atoms with E-state index in [0.717, 1.165) is 0 Å². The van der Waals surface area contributed by atoms with Crippen LogP contribution in [0.25, 0.3) is 0 Å². The van der Waals surface area contributed by atoms with Crippen LogP contribution in [0.15, 0.2) is 0 Å². The van der Waals surface area contributed by atoms with Gasteiger partial charge in [0.1, 0.15) is 0 Å². The molecule has 0 spiro atoms. The predicted molar refractivity (Wildman–Crippen MR) is 30.1 cm³/mol. The van der Waals surface area contributed by atoms with Crippen molar-refractivity contribution in [2.75, 3.05) is 26.6 Å². The smallest absolute Gasteiger partial charge is 0.0600 e. The molecule has 0 radical (unpaired) electrons. The van der Waals surface area contributed by atoms with E-state index in [9.17, 15) is 0 Å². The maximum atomic E-state index is 7.49. The molecule has 2 heteroatoms. The summed E-state index contributed by atoms with van der Waals surface area (Å²) in [6, 6.07) is 0. The minimum absolute atomic E-state index is 0.311. The molecule has 0 aromatic carbocycles. The molecule has 1 N–H and O–H groups in total. The molecule has 42 valence electrons. The minimum Gasteiger partial charge on any atom is -0.304 e. The second kappa shape index (κ2) is 2.28. The van der Waals surface area contributed by atoms with Gasteiger partial charge >= 0.3 is 0 Å². The van der Waals surface area contributed by atoms with E-state index in [1.807, 2.05) is 0 Å². The van der Waals surface area contributed by atoms with Gasteiger partial charge in [0.25, 0.3) is 0 Å². The van der Waals surface area contributed by atoms with Gasteiger partial charge < -0.3 is 5.32 Å². The summed E-state index contributed by atoms with van der Waals surface area (Å²) in [6.07, 6.45) is -3.26. The number of hydrogen-bond donors (Lipinski definition) is 1. The Morgan fingerprint density at radius 3 is 3.86 bits per heavy atom. The van der Waals surface area contributed by atoms with Gasteiger partial charge in [-0.15, -0.1) is 0 Å². The first kappa shape index (κ1) is 0.755. The van der Waals surface area contributed by atoms with Gasteiger partial charge in [0, 0.05) is 25.5 Å². The molecule has 2 nitrogen and oxygen atoms in total. The highest BCUT2D eigenvalue weighted by Crippen LogP contribution is 1.88. The van der Waals surface area contributed by atoms with E-state index in [4.69, 9.17) is 15.1 Å². The summed E-state index contributed by atoms with van der Waals surface area (Å²) < 4.78 is 80.5. The number of hydrogen-bond acceptors (Lipinski definition) is 2. The topological polar surface area (TPSA) is 15.3 Å². The maximum Gasteiger partial charge on any atom is 0.0600 e. The van der Waals surface area contributed by atoms with E-state index in [-0.39, 0.29) is 4.90 Å². The molecule has 1 heterocycles. The number of nitrogens with zero attached hydrogens (tertiary/aromatic N) is 1. The first-order valence-corrected chi connectivity index (χ1v) is 1.67. The van der Waals surface area contributed by atoms with Gasteiger partial charge in [0.2, 0.25) is 0 Å². The molecule has 1 aliphatic rings. The Kier molecular flexibility index (Phi) is 0.246. The van der Waals surface area contributed by atoms with Gasteiger partial charge in [0.05, 0.1) is 2.74 Å². The molecule has 0 saturated carbocycles. The molecule has 0 amide bonds. The number of rotatable bonds is 0. The third-order valence-electron chi connectivity index (χ3n) is 0.460. The highest BCUT2D eigenvalue weighted by Gasteiger charge is 2.00. The van der Waals surface area contributed by atoms with Crippen molar-refractivity contribution in [2.24, 2.45) is 0 Å². The Labute approximate surface area is 60.0 Å². The van der Waals surface area contributed by atoms with Gasteiger partial charge in [-0.05, 0) is 19.8 Å². The van der Waals surface area contributed by atoms with Crippen molar-refractivity contribution >= 4 is 0 Å². The summed E-state index contributed by atoms with van der Waals surface area (Å²) in [6.45, 7) is -12.8. The minimum atomic E-state index is -3.36. The summed E-state index contributed by atoms with van der Waals surface area (Å²) in [4.78, 5) is -0.311. The normalized spacial score (nSPS) is 79.1. The standard InChI is InChI=1S/C5H12N2/c1-7-4-2-3-6-5-7/h6H,2-5H2,1H3/i1D3,2D2,3D2,4D2,5D2. The van der Waals surface area contributed by atoms with E-state index >= 15 is 0 Å². The highest BCUT2D eigenvalue weighted by atomic mass is 15.2. The van der Waals surface area contributed by atoms with E-state index in [0.29, 0.717) is 0 Å². The van der Waals surface area contributed by atoms with Crippen molar-refractivity contribution < 1.29 is 15.1 Å². The van der Waals surface area contributed by atoms with Crippen molar-refractivity contribution in [3.63, 3.8) is 0 Å². The Morgan fingerprint density at radius 2 is 3.00 bits per heavy atom. The van der Waals surface area contributed by atoms with E-state index in [1.54, 1.807) is 5.32 Å². The van der Waals surface area contributed by atoms with Crippen LogP contribution in [0.3, 0.4) is 0 Å². The number of nitrogens with one attached hydrogen (secondary N) is 1. The second-order valence-corrected chi connectivity index (χ2v) is 0.934. The van der Waals surface area contributed by atoms with E-state index in [1.165, 1.54) is 0 Å². The predicted octanol–water partition coefficient (Wildman–Crippen LogP) is -0.131. The molecule has 1 fully saturated rings. The van der Waals surface area contributed by atoms with Crippen molar-refractivity contribution in [1.29, 1.82) is 0 Å². The van der Waals surface area contributed by atoms with Gasteiger partial charge in [-0.1, -0.05) is 0 Å². The Hall–Kier alpha value is -0.0800. The van der Waals surface area contributed by atoms with Crippen molar-refractivity contribution in [1.82, 2.24) is 10.2 Å². The molecule has 0 unspecified atom stereocenters. The summed E-state index contributed by atoms with van der Waals surface area (Å²) in [7, 11) is 0. The van der Waals surface area contributed by atoms with E-state index < -0.39 is 33.0 Å². The first-order chi connectivity index (χ1) is 7.57. The van der Waals surface area contributed by atoms with Crippen LogP contribution in [0.5, 0.6) is 0 Å². The third kappa shape index (κ3) is 1.45. The highest BCUT2D eigenvalue weighted by molar-refractivity contribution is 4.57. The largest absolute Gasteiger partial charge is 0.304 e. The first-order valence-electron chi connectivity index (χ1n) is 7.17. The molecule has 1 saturated heterocycles. The molecule has 7 heavy (non-hydrogen) atoms. The van der Waals surface area contributed by atoms with Crippen LogP contribution < -0.4 is 5.32 Å². The summed E-state index contributed by atoms with van der Waals surface area (Å²) in [5, 5.41) is 1.55. The van der Waals surface area contributed by atoms with Crippen molar-refractivity contribution in [2.45, 2.75) is 6.37 Å². The Morgan fingerprint density at radius 1 is 2.00 bits per heavy atom. The van der Waals surface area contributed by atoms with Crippen LogP contribution in [0.1, 0.15) is 21.5 Å². The van der Waals surface area contributed by atoms with E-state index in [2.05, 4.69) is 0 Å². The Balaban J connectivity index is 3.45. The summed E-state index contributed by atoms with van der Waals surface area (Å²) >= 11 is 0. The lowest BCUT2D eigenvalue weighted by molar-refractivity contribution is 0.261.